The van der Waals surface area contributed by atoms with Crippen LogP contribution in [-0.2, 0) is 23.3 Å². The van der Waals surface area contributed by atoms with E-state index in [1.54, 1.807) is 14.2 Å². The van der Waals surface area contributed by atoms with Crippen molar-refractivity contribution in [3.63, 3.8) is 0 Å². The summed E-state index contributed by atoms with van der Waals surface area (Å²) in [5.41, 5.74) is 0. The minimum Gasteiger partial charge on any atom is -0.382 e. The summed E-state index contributed by atoms with van der Waals surface area (Å²) in [6, 6.07) is 0. The van der Waals surface area contributed by atoms with Crippen molar-refractivity contribution in [2.75, 3.05) is 39.8 Å². The first-order valence-corrected chi connectivity index (χ1v) is 6.99. The van der Waals surface area contributed by atoms with Gasteiger partial charge in [-0.15, -0.1) is 0 Å². The molecule has 0 rings (SSSR count). The van der Waals surface area contributed by atoms with Gasteiger partial charge in [-0.3, -0.25) is 0 Å². The molecule has 0 aliphatic rings. The lowest BCUT2D eigenvalue weighted by Gasteiger charge is -2.15. The summed E-state index contributed by atoms with van der Waals surface area (Å²) in [6.45, 7) is 1.16. The van der Waals surface area contributed by atoms with E-state index in [-0.39, 0.29) is 11.9 Å². The highest BCUT2D eigenvalue weighted by molar-refractivity contribution is 8.13. The zero-order valence-electron chi connectivity index (χ0n) is 8.94. The molecule has 0 radical (unpaired) electrons. The summed E-state index contributed by atoms with van der Waals surface area (Å²) in [4.78, 5) is 0. The third-order valence-electron chi connectivity index (χ3n) is 1.59. The molecular weight excluding hydrogens is 244 g/mol. The molecule has 0 fully saturated rings. The summed E-state index contributed by atoms with van der Waals surface area (Å²) in [6.07, 6.45) is 0.202. The Morgan fingerprint density at radius 1 is 1.20 bits per heavy atom. The lowest BCUT2D eigenvalue weighted by atomic mass is 10.4. The lowest BCUT2D eigenvalue weighted by Crippen LogP contribution is -2.25. The summed E-state index contributed by atoms with van der Waals surface area (Å²) in [5.74, 6) is -0.0821. The van der Waals surface area contributed by atoms with Gasteiger partial charge in [0.05, 0.1) is 19.0 Å². The standard InChI is InChI=1S/C8H17ClO5S/c1-12-6-8(7-13-2)14-4-3-5-15(9,10)11/h8H,3-7H2,1-2H3. The van der Waals surface area contributed by atoms with Crippen LogP contribution in [0.25, 0.3) is 0 Å². The van der Waals surface area contributed by atoms with Crippen LogP contribution in [-0.4, -0.2) is 54.3 Å². The molecule has 0 saturated heterocycles. The molecule has 0 aliphatic heterocycles. The van der Waals surface area contributed by atoms with Crippen molar-refractivity contribution < 1.29 is 22.6 Å². The third-order valence-corrected chi connectivity index (χ3v) is 2.83. The molecule has 0 aliphatic carbocycles. The number of methoxy groups -OCH3 is 2. The molecule has 0 aromatic carbocycles. The predicted molar refractivity (Wildman–Crippen MR) is 57.7 cm³/mol. The van der Waals surface area contributed by atoms with Gasteiger partial charge < -0.3 is 14.2 Å². The second kappa shape index (κ2) is 8.29. The summed E-state index contributed by atoms with van der Waals surface area (Å²) in [7, 11) is 4.75. The molecule has 0 atom stereocenters. The Bertz CT molecular complexity index is 235. The van der Waals surface area contributed by atoms with Crippen LogP contribution < -0.4 is 0 Å². The minimum absolute atomic E-state index is 0.0821. The Labute approximate surface area is 95.1 Å². The Kier molecular flexibility index (Phi) is 8.36. The quantitative estimate of drug-likeness (QED) is 0.449. The first-order valence-electron chi connectivity index (χ1n) is 4.51. The van der Waals surface area contributed by atoms with E-state index in [0.29, 0.717) is 26.2 Å². The Balaban J connectivity index is 3.61. The molecule has 0 saturated carbocycles. The highest BCUT2D eigenvalue weighted by Crippen LogP contribution is 2.01. The van der Waals surface area contributed by atoms with Gasteiger partial charge in [-0.25, -0.2) is 8.42 Å². The van der Waals surface area contributed by atoms with Crippen LogP contribution in [0, 0.1) is 0 Å². The SMILES string of the molecule is COCC(COC)OCCCS(=O)(=O)Cl. The molecule has 0 heterocycles. The van der Waals surface area contributed by atoms with Crippen molar-refractivity contribution in [3.05, 3.63) is 0 Å². The average Bonchev–Trinajstić information content (AvgIpc) is 2.11. The van der Waals surface area contributed by atoms with E-state index < -0.39 is 9.05 Å². The summed E-state index contributed by atoms with van der Waals surface area (Å²) >= 11 is 0. The van der Waals surface area contributed by atoms with Crippen LogP contribution >= 0.6 is 10.7 Å². The predicted octanol–water partition coefficient (Wildman–Crippen LogP) is 0.623. The summed E-state index contributed by atoms with van der Waals surface area (Å²) in [5, 5.41) is 0. The van der Waals surface area contributed by atoms with Gasteiger partial charge in [0.15, 0.2) is 0 Å². The van der Waals surface area contributed by atoms with Gasteiger partial charge in [0, 0.05) is 31.5 Å². The maximum Gasteiger partial charge on any atom is 0.232 e. The second-order valence-electron chi connectivity index (χ2n) is 3.00. The topological polar surface area (TPSA) is 61.8 Å². The third kappa shape index (κ3) is 10.4. The maximum atomic E-state index is 10.6. The van der Waals surface area contributed by atoms with E-state index in [1.807, 2.05) is 0 Å². The van der Waals surface area contributed by atoms with Crippen LogP contribution in [0.3, 0.4) is 0 Å². The molecular formula is C8H17ClO5S. The molecule has 0 amide bonds. The number of hydrogen-bond donors (Lipinski definition) is 0. The van der Waals surface area contributed by atoms with Crippen molar-refractivity contribution in [2.24, 2.45) is 0 Å². The largest absolute Gasteiger partial charge is 0.382 e. The molecule has 0 aromatic rings. The molecule has 0 unspecified atom stereocenters. The highest BCUT2D eigenvalue weighted by Gasteiger charge is 2.09. The van der Waals surface area contributed by atoms with Gasteiger partial charge in [-0.2, -0.15) is 0 Å². The van der Waals surface area contributed by atoms with Crippen LogP contribution in [0.15, 0.2) is 0 Å². The van der Waals surface area contributed by atoms with Gasteiger partial charge >= 0.3 is 0 Å². The van der Waals surface area contributed by atoms with Crippen LogP contribution in [0.5, 0.6) is 0 Å². The smallest absolute Gasteiger partial charge is 0.232 e. The molecule has 7 heteroatoms. The molecule has 0 aromatic heterocycles. The van der Waals surface area contributed by atoms with E-state index in [9.17, 15) is 8.42 Å². The Morgan fingerprint density at radius 3 is 2.13 bits per heavy atom. The molecule has 92 valence electrons. The first kappa shape index (κ1) is 15.1. The fourth-order valence-electron chi connectivity index (χ4n) is 0.997. The number of halogens is 1. The van der Waals surface area contributed by atoms with Gasteiger partial charge in [-0.05, 0) is 6.42 Å². The Morgan fingerprint density at radius 2 is 1.73 bits per heavy atom. The summed E-state index contributed by atoms with van der Waals surface area (Å²) < 4.78 is 36.3. The second-order valence-corrected chi connectivity index (χ2v) is 5.90. The number of rotatable bonds is 9. The fraction of sp³-hybridized carbons (Fsp3) is 1.00. The van der Waals surface area contributed by atoms with Gasteiger partial charge in [0.2, 0.25) is 9.05 Å². The zero-order chi connectivity index (χ0) is 11.7. The molecule has 0 N–H and O–H groups in total. The minimum atomic E-state index is -3.42. The van der Waals surface area contributed by atoms with E-state index in [4.69, 9.17) is 24.9 Å². The molecule has 15 heavy (non-hydrogen) atoms. The Hall–Kier alpha value is 0.120. The van der Waals surface area contributed by atoms with E-state index in [0.717, 1.165) is 0 Å². The average molecular weight is 261 g/mol. The van der Waals surface area contributed by atoms with E-state index in [2.05, 4.69) is 0 Å². The lowest BCUT2D eigenvalue weighted by molar-refractivity contribution is -0.0406. The van der Waals surface area contributed by atoms with Crippen molar-refractivity contribution in [3.8, 4) is 0 Å². The van der Waals surface area contributed by atoms with Crippen molar-refractivity contribution in [2.45, 2.75) is 12.5 Å². The van der Waals surface area contributed by atoms with Gasteiger partial charge in [0.1, 0.15) is 6.10 Å². The molecule has 0 spiro atoms. The zero-order valence-corrected chi connectivity index (χ0v) is 10.5. The van der Waals surface area contributed by atoms with Crippen LogP contribution in [0.2, 0.25) is 0 Å². The molecule has 0 bridgehead atoms. The normalized spacial score (nSPS) is 12.3. The highest BCUT2D eigenvalue weighted by atomic mass is 35.7. The van der Waals surface area contributed by atoms with E-state index in [1.165, 1.54) is 0 Å². The van der Waals surface area contributed by atoms with Crippen molar-refractivity contribution in [1.29, 1.82) is 0 Å². The van der Waals surface area contributed by atoms with Crippen LogP contribution in [0.1, 0.15) is 6.42 Å². The van der Waals surface area contributed by atoms with Gasteiger partial charge in [0.25, 0.3) is 0 Å². The fourth-order valence-corrected chi connectivity index (χ4v) is 1.79. The van der Waals surface area contributed by atoms with Crippen LogP contribution in [0.4, 0.5) is 0 Å². The van der Waals surface area contributed by atoms with E-state index >= 15 is 0 Å². The monoisotopic (exact) mass is 260 g/mol. The number of hydrogen-bond acceptors (Lipinski definition) is 5. The van der Waals surface area contributed by atoms with Crippen molar-refractivity contribution in [1.82, 2.24) is 0 Å². The first-order chi connectivity index (χ1) is 6.99. The van der Waals surface area contributed by atoms with Gasteiger partial charge in [-0.1, -0.05) is 0 Å². The molecule has 5 nitrogen and oxygen atoms in total. The maximum absolute atomic E-state index is 10.6. The van der Waals surface area contributed by atoms with Crippen molar-refractivity contribution >= 4 is 19.7 Å². The number of ether oxygens (including phenoxy) is 3.